The normalized spacial score (nSPS) is 10.2. The van der Waals surface area contributed by atoms with Crippen LogP contribution in [0.1, 0.15) is 18.1 Å². The minimum absolute atomic E-state index is 0.236. The van der Waals surface area contributed by atoms with E-state index >= 15 is 0 Å². The van der Waals surface area contributed by atoms with Gasteiger partial charge in [0.05, 0.1) is 7.11 Å². The van der Waals surface area contributed by atoms with E-state index in [1.54, 1.807) is 19.2 Å². The molecule has 0 heterocycles. The molecule has 0 aliphatic rings. The van der Waals surface area contributed by atoms with Gasteiger partial charge in [-0.25, -0.2) is 0 Å². The van der Waals surface area contributed by atoms with E-state index in [1.807, 2.05) is 60.7 Å². The van der Waals surface area contributed by atoms with Crippen LogP contribution in [0.4, 0.5) is 0 Å². The van der Waals surface area contributed by atoms with E-state index < -0.39 is 5.97 Å². The summed E-state index contributed by atoms with van der Waals surface area (Å²) in [5.74, 6) is 1.07. The molecule has 0 unspecified atom stereocenters. The Morgan fingerprint density at radius 3 is 1.64 bits per heavy atom. The van der Waals surface area contributed by atoms with Crippen LogP contribution < -0.4 is 18.9 Å². The number of rotatable bonds is 8. The quantitative estimate of drug-likeness (QED) is 0.417. The molecule has 0 fully saturated rings. The molecule has 0 spiro atoms. The molecule has 0 N–H and O–H groups in total. The van der Waals surface area contributed by atoms with Crippen molar-refractivity contribution in [2.45, 2.75) is 20.1 Å². The lowest BCUT2D eigenvalue weighted by atomic mass is 10.2. The van der Waals surface area contributed by atoms with Crippen molar-refractivity contribution >= 4 is 5.97 Å². The molecular weight excluding hydrogens is 356 g/mol. The van der Waals surface area contributed by atoms with Crippen LogP contribution in [0.5, 0.6) is 23.0 Å². The summed E-state index contributed by atoms with van der Waals surface area (Å²) in [6.45, 7) is 1.98. The predicted molar refractivity (Wildman–Crippen MR) is 106 cm³/mol. The van der Waals surface area contributed by atoms with Crippen molar-refractivity contribution in [3.8, 4) is 23.0 Å². The molecule has 0 saturated heterocycles. The average Bonchev–Trinajstić information content (AvgIpc) is 2.73. The zero-order chi connectivity index (χ0) is 19.8. The summed E-state index contributed by atoms with van der Waals surface area (Å²) < 4.78 is 22.6. The fourth-order valence-electron chi connectivity index (χ4n) is 2.60. The molecule has 28 heavy (non-hydrogen) atoms. The smallest absolute Gasteiger partial charge is 0.308 e. The summed E-state index contributed by atoms with van der Waals surface area (Å²) in [4.78, 5) is 11.7. The molecule has 5 heteroatoms. The molecule has 0 aromatic heterocycles. The van der Waals surface area contributed by atoms with Gasteiger partial charge in [0, 0.05) is 19.1 Å². The van der Waals surface area contributed by atoms with Gasteiger partial charge >= 0.3 is 5.97 Å². The first kappa shape index (κ1) is 19.3. The molecular formula is C23H22O5. The van der Waals surface area contributed by atoms with Gasteiger partial charge in [0.1, 0.15) is 19.0 Å². The van der Waals surface area contributed by atoms with Crippen LogP contribution >= 0.6 is 0 Å². The zero-order valence-corrected chi connectivity index (χ0v) is 15.9. The van der Waals surface area contributed by atoms with E-state index in [0.29, 0.717) is 30.5 Å². The minimum Gasteiger partial charge on any atom is -0.496 e. The van der Waals surface area contributed by atoms with Crippen LogP contribution in [0.15, 0.2) is 72.8 Å². The van der Waals surface area contributed by atoms with Gasteiger partial charge in [-0.1, -0.05) is 60.7 Å². The van der Waals surface area contributed by atoms with Gasteiger partial charge in [-0.15, -0.1) is 0 Å². The second-order valence-electron chi connectivity index (χ2n) is 6.09. The standard InChI is InChI=1S/C23H22O5/c1-17(24)28-23-21(26-15-18-9-5-3-6-10-18)13-20(25-2)14-22(23)27-16-19-11-7-4-8-12-19/h3-14H,15-16H2,1-2H3. The first-order chi connectivity index (χ1) is 13.7. The lowest BCUT2D eigenvalue weighted by molar-refractivity contribution is -0.132. The van der Waals surface area contributed by atoms with Crippen molar-refractivity contribution in [3.63, 3.8) is 0 Å². The second-order valence-corrected chi connectivity index (χ2v) is 6.09. The van der Waals surface area contributed by atoms with E-state index in [1.165, 1.54) is 6.92 Å². The Morgan fingerprint density at radius 2 is 1.25 bits per heavy atom. The van der Waals surface area contributed by atoms with Crippen LogP contribution in [0.2, 0.25) is 0 Å². The molecule has 5 nitrogen and oxygen atoms in total. The molecule has 0 saturated carbocycles. The topological polar surface area (TPSA) is 54.0 Å². The molecule has 3 aromatic rings. The van der Waals surface area contributed by atoms with Gasteiger partial charge in [0.2, 0.25) is 5.75 Å². The van der Waals surface area contributed by atoms with E-state index in [-0.39, 0.29) is 5.75 Å². The van der Waals surface area contributed by atoms with Crippen LogP contribution in [-0.4, -0.2) is 13.1 Å². The first-order valence-electron chi connectivity index (χ1n) is 8.89. The summed E-state index contributed by atoms with van der Waals surface area (Å²) in [6, 6.07) is 22.8. The Bertz CT molecular complexity index is 842. The van der Waals surface area contributed by atoms with Crippen LogP contribution in [0, 0.1) is 0 Å². The maximum Gasteiger partial charge on any atom is 0.308 e. The highest BCUT2D eigenvalue weighted by Gasteiger charge is 2.18. The molecule has 0 atom stereocenters. The van der Waals surface area contributed by atoms with Crippen molar-refractivity contribution in [1.82, 2.24) is 0 Å². The summed E-state index contributed by atoms with van der Waals surface area (Å²) in [7, 11) is 1.56. The number of carbonyl (C=O) groups excluding carboxylic acids is 1. The summed E-state index contributed by atoms with van der Waals surface area (Å²) in [5.41, 5.74) is 1.98. The highest BCUT2D eigenvalue weighted by molar-refractivity contribution is 5.72. The van der Waals surface area contributed by atoms with Gasteiger partial charge in [-0.3, -0.25) is 4.79 Å². The van der Waals surface area contributed by atoms with Crippen LogP contribution in [-0.2, 0) is 18.0 Å². The van der Waals surface area contributed by atoms with E-state index in [9.17, 15) is 4.79 Å². The first-order valence-corrected chi connectivity index (χ1v) is 8.89. The Kier molecular flexibility index (Phi) is 6.52. The highest BCUT2D eigenvalue weighted by atomic mass is 16.6. The van der Waals surface area contributed by atoms with Crippen LogP contribution in [0.25, 0.3) is 0 Å². The number of esters is 1. The molecule has 0 amide bonds. The maximum atomic E-state index is 11.7. The maximum absolute atomic E-state index is 11.7. The second kappa shape index (κ2) is 9.46. The van der Waals surface area contributed by atoms with Gasteiger partial charge in [-0.05, 0) is 11.1 Å². The van der Waals surface area contributed by atoms with Crippen molar-refractivity contribution in [2.24, 2.45) is 0 Å². The third-order valence-corrected chi connectivity index (χ3v) is 3.95. The molecule has 144 valence electrons. The SMILES string of the molecule is COc1cc(OCc2ccccc2)c(OC(C)=O)c(OCc2ccccc2)c1. The molecule has 3 rings (SSSR count). The number of carbonyl (C=O) groups is 1. The number of methoxy groups -OCH3 is 1. The molecule has 0 aliphatic carbocycles. The Morgan fingerprint density at radius 1 is 0.786 bits per heavy atom. The number of hydrogen-bond donors (Lipinski definition) is 0. The fraction of sp³-hybridized carbons (Fsp3) is 0.174. The summed E-state index contributed by atoms with van der Waals surface area (Å²) in [6.07, 6.45) is 0. The number of hydrogen-bond acceptors (Lipinski definition) is 5. The number of ether oxygens (including phenoxy) is 4. The molecule has 3 aromatic carbocycles. The van der Waals surface area contributed by atoms with Gasteiger partial charge in [0.15, 0.2) is 11.5 Å². The van der Waals surface area contributed by atoms with E-state index in [4.69, 9.17) is 18.9 Å². The monoisotopic (exact) mass is 378 g/mol. The molecule has 0 bridgehead atoms. The Balaban J connectivity index is 1.88. The van der Waals surface area contributed by atoms with Gasteiger partial charge < -0.3 is 18.9 Å². The predicted octanol–water partition coefficient (Wildman–Crippen LogP) is 4.78. The van der Waals surface area contributed by atoms with Crippen molar-refractivity contribution in [1.29, 1.82) is 0 Å². The van der Waals surface area contributed by atoms with Crippen LogP contribution in [0.3, 0.4) is 0 Å². The van der Waals surface area contributed by atoms with Crippen molar-refractivity contribution in [3.05, 3.63) is 83.9 Å². The highest BCUT2D eigenvalue weighted by Crippen LogP contribution is 2.42. The Hall–Kier alpha value is -3.47. The van der Waals surface area contributed by atoms with Crippen molar-refractivity contribution < 1.29 is 23.7 Å². The Labute approximate surface area is 164 Å². The lowest BCUT2D eigenvalue weighted by Gasteiger charge is -2.17. The third kappa shape index (κ3) is 5.27. The summed E-state index contributed by atoms with van der Waals surface area (Å²) in [5, 5.41) is 0. The van der Waals surface area contributed by atoms with Gasteiger partial charge in [0.25, 0.3) is 0 Å². The van der Waals surface area contributed by atoms with E-state index in [0.717, 1.165) is 11.1 Å². The fourth-order valence-corrected chi connectivity index (χ4v) is 2.60. The minimum atomic E-state index is -0.459. The summed E-state index contributed by atoms with van der Waals surface area (Å²) >= 11 is 0. The average molecular weight is 378 g/mol. The van der Waals surface area contributed by atoms with Crippen molar-refractivity contribution in [2.75, 3.05) is 7.11 Å². The number of benzene rings is 3. The largest absolute Gasteiger partial charge is 0.496 e. The van der Waals surface area contributed by atoms with Gasteiger partial charge in [-0.2, -0.15) is 0 Å². The van der Waals surface area contributed by atoms with E-state index in [2.05, 4.69) is 0 Å². The molecule has 0 radical (unpaired) electrons. The molecule has 0 aliphatic heterocycles. The lowest BCUT2D eigenvalue weighted by Crippen LogP contribution is -2.07. The third-order valence-electron chi connectivity index (χ3n) is 3.95. The zero-order valence-electron chi connectivity index (χ0n) is 15.9.